The van der Waals surface area contributed by atoms with Gasteiger partial charge in [-0.15, -0.1) is 0 Å². The van der Waals surface area contributed by atoms with Crippen LogP contribution in [-0.4, -0.2) is 56.7 Å². The minimum absolute atomic E-state index is 0.00761. The van der Waals surface area contributed by atoms with Gasteiger partial charge in [-0.05, 0) is 50.5 Å². The molecule has 0 bridgehead atoms. The Morgan fingerprint density at radius 3 is 2.35 bits per heavy atom. The van der Waals surface area contributed by atoms with Crippen LogP contribution in [-0.2, 0) is 12.7 Å². The van der Waals surface area contributed by atoms with E-state index in [1.807, 2.05) is 15.6 Å². The minimum atomic E-state index is -4.33. The van der Waals surface area contributed by atoms with Crippen molar-refractivity contribution >= 4 is 16.9 Å². The van der Waals surface area contributed by atoms with Crippen LogP contribution in [0.4, 0.5) is 13.2 Å². The maximum absolute atomic E-state index is 13.5. The predicted molar refractivity (Wildman–Crippen MR) is 123 cm³/mol. The summed E-state index contributed by atoms with van der Waals surface area (Å²) in [6.45, 7) is 7.14. The van der Waals surface area contributed by atoms with Crippen LogP contribution in [0.25, 0.3) is 11.0 Å². The van der Waals surface area contributed by atoms with Crippen molar-refractivity contribution in [1.82, 2.24) is 24.6 Å². The van der Waals surface area contributed by atoms with E-state index in [0.717, 1.165) is 47.3 Å². The first-order valence-electron chi connectivity index (χ1n) is 11.8. The fourth-order valence-corrected chi connectivity index (χ4v) is 4.52. The van der Waals surface area contributed by atoms with Crippen LogP contribution in [0, 0.1) is 0 Å². The highest BCUT2D eigenvalue weighted by Crippen LogP contribution is 2.40. The van der Waals surface area contributed by atoms with E-state index in [1.165, 1.54) is 12.1 Å². The molecule has 6 nitrogen and oxygen atoms in total. The lowest BCUT2D eigenvalue weighted by Crippen LogP contribution is -2.48. The summed E-state index contributed by atoms with van der Waals surface area (Å²) in [5, 5.41) is 5.28. The summed E-state index contributed by atoms with van der Waals surface area (Å²) in [4.78, 5) is 22.4. The minimum Gasteiger partial charge on any atom is -0.336 e. The smallest absolute Gasteiger partial charge is 0.336 e. The molecule has 0 radical (unpaired) electrons. The lowest BCUT2D eigenvalue weighted by atomic mass is 10.1. The van der Waals surface area contributed by atoms with Crippen LogP contribution in [0.5, 0.6) is 0 Å². The number of pyridine rings is 1. The summed E-state index contributed by atoms with van der Waals surface area (Å²) in [6, 6.07) is 7.40. The molecule has 5 rings (SSSR count). The van der Waals surface area contributed by atoms with Gasteiger partial charge < -0.3 is 4.90 Å². The zero-order valence-electron chi connectivity index (χ0n) is 19.3. The monoisotopic (exact) mass is 471 g/mol. The van der Waals surface area contributed by atoms with Crippen molar-refractivity contribution in [1.29, 1.82) is 0 Å². The Hall–Kier alpha value is -2.94. The van der Waals surface area contributed by atoms with E-state index < -0.39 is 11.7 Å². The first-order valence-corrected chi connectivity index (χ1v) is 11.8. The number of carbonyl (C=O) groups is 1. The van der Waals surface area contributed by atoms with E-state index in [4.69, 9.17) is 4.98 Å². The largest absolute Gasteiger partial charge is 0.416 e. The van der Waals surface area contributed by atoms with Gasteiger partial charge in [0.25, 0.3) is 5.91 Å². The Kier molecular flexibility index (Phi) is 5.83. The summed E-state index contributed by atoms with van der Waals surface area (Å²) in [5.74, 6) is 0.416. The fraction of sp³-hybridized carbons (Fsp3) is 0.480. The van der Waals surface area contributed by atoms with Gasteiger partial charge in [0, 0.05) is 50.4 Å². The third-order valence-electron chi connectivity index (χ3n) is 6.65. The Morgan fingerprint density at radius 2 is 1.76 bits per heavy atom. The van der Waals surface area contributed by atoms with Gasteiger partial charge in [0.05, 0.1) is 22.7 Å². The second kappa shape index (κ2) is 8.69. The average Bonchev–Trinajstić information content (AvgIpc) is 3.57. The molecule has 2 aromatic heterocycles. The van der Waals surface area contributed by atoms with Crippen molar-refractivity contribution in [2.75, 3.05) is 26.2 Å². The quantitative estimate of drug-likeness (QED) is 0.533. The predicted octanol–water partition coefficient (Wildman–Crippen LogP) is 4.87. The molecule has 3 aromatic rings. The summed E-state index contributed by atoms with van der Waals surface area (Å²) >= 11 is 0. The molecule has 0 spiro atoms. The highest BCUT2D eigenvalue weighted by molar-refractivity contribution is 6.05. The third-order valence-corrected chi connectivity index (χ3v) is 6.65. The summed E-state index contributed by atoms with van der Waals surface area (Å²) in [6.07, 6.45) is -0.379. The van der Waals surface area contributed by atoms with Gasteiger partial charge in [0.1, 0.15) is 0 Å². The molecule has 0 atom stereocenters. The zero-order chi connectivity index (χ0) is 24.0. The molecule has 1 saturated carbocycles. The van der Waals surface area contributed by atoms with Crippen LogP contribution in [0.2, 0.25) is 0 Å². The normalized spacial score (nSPS) is 17.6. The molecule has 1 aliphatic heterocycles. The number of carbonyl (C=O) groups excluding carboxylic acids is 1. The third kappa shape index (κ3) is 4.53. The highest BCUT2D eigenvalue weighted by atomic mass is 19.4. The van der Waals surface area contributed by atoms with E-state index in [-0.39, 0.29) is 11.9 Å². The van der Waals surface area contributed by atoms with Gasteiger partial charge in [-0.2, -0.15) is 18.3 Å². The standard InChI is InChI=1S/C25H28F3N5O/c1-16(2)33-23-21(14-29-33)20(13-22(30-23)18-5-6-18)24(34)32-11-9-31(10-12-32)15-17-3-7-19(8-4-17)25(26,27)28/h3-4,7-8,13-14,16,18H,5-6,9-12,15H2,1-2H3. The Labute approximate surface area is 196 Å². The lowest BCUT2D eigenvalue weighted by molar-refractivity contribution is -0.137. The maximum Gasteiger partial charge on any atom is 0.416 e. The average molecular weight is 472 g/mol. The molecule has 1 aliphatic carbocycles. The number of hydrogen-bond donors (Lipinski definition) is 0. The van der Waals surface area contributed by atoms with Gasteiger partial charge in [-0.3, -0.25) is 9.69 Å². The summed E-state index contributed by atoms with van der Waals surface area (Å²) in [7, 11) is 0. The second-order valence-electron chi connectivity index (χ2n) is 9.55. The van der Waals surface area contributed by atoms with Crippen molar-refractivity contribution in [3.8, 4) is 0 Å². The van der Waals surface area contributed by atoms with Gasteiger partial charge in [0.15, 0.2) is 5.65 Å². The molecule has 3 heterocycles. The van der Waals surface area contributed by atoms with Gasteiger partial charge in [0.2, 0.25) is 0 Å². The molecule has 2 aliphatic rings. The van der Waals surface area contributed by atoms with E-state index in [2.05, 4.69) is 23.8 Å². The fourth-order valence-electron chi connectivity index (χ4n) is 4.52. The Balaban J connectivity index is 1.29. The number of rotatable bonds is 5. The SMILES string of the molecule is CC(C)n1ncc2c(C(=O)N3CCN(Cc4ccc(C(F)(F)F)cc4)CC3)cc(C3CC3)nc21. The number of piperazine rings is 1. The zero-order valence-corrected chi connectivity index (χ0v) is 19.3. The summed E-state index contributed by atoms with van der Waals surface area (Å²) < 4.78 is 40.2. The molecular formula is C25H28F3N5O. The molecule has 1 amide bonds. The maximum atomic E-state index is 13.5. The van der Waals surface area contributed by atoms with Crippen LogP contribution in [0.1, 0.15) is 65.8 Å². The molecule has 180 valence electrons. The van der Waals surface area contributed by atoms with Crippen LogP contribution >= 0.6 is 0 Å². The van der Waals surface area contributed by atoms with Crippen molar-refractivity contribution in [3.05, 3.63) is 58.9 Å². The van der Waals surface area contributed by atoms with Crippen LogP contribution in [0.15, 0.2) is 36.5 Å². The molecule has 0 N–H and O–H groups in total. The number of halogens is 3. The van der Waals surface area contributed by atoms with Crippen molar-refractivity contribution in [2.45, 2.75) is 51.4 Å². The number of aromatic nitrogens is 3. The van der Waals surface area contributed by atoms with Crippen molar-refractivity contribution in [3.63, 3.8) is 0 Å². The molecule has 9 heteroatoms. The second-order valence-corrected chi connectivity index (χ2v) is 9.55. The molecule has 0 unspecified atom stereocenters. The van der Waals surface area contributed by atoms with E-state index >= 15 is 0 Å². The molecule has 34 heavy (non-hydrogen) atoms. The van der Waals surface area contributed by atoms with Gasteiger partial charge in [-0.25, -0.2) is 9.67 Å². The highest BCUT2D eigenvalue weighted by Gasteiger charge is 2.31. The Morgan fingerprint density at radius 1 is 1.09 bits per heavy atom. The topological polar surface area (TPSA) is 54.3 Å². The molecule has 2 fully saturated rings. The lowest BCUT2D eigenvalue weighted by Gasteiger charge is -2.35. The first kappa shape index (κ1) is 22.8. The molecular weight excluding hydrogens is 443 g/mol. The van der Waals surface area contributed by atoms with Crippen LogP contribution < -0.4 is 0 Å². The molecule has 1 aromatic carbocycles. The van der Waals surface area contributed by atoms with Crippen molar-refractivity contribution in [2.24, 2.45) is 0 Å². The van der Waals surface area contributed by atoms with Gasteiger partial charge >= 0.3 is 6.18 Å². The van der Waals surface area contributed by atoms with E-state index in [0.29, 0.717) is 44.2 Å². The number of amides is 1. The van der Waals surface area contributed by atoms with E-state index in [1.54, 1.807) is 6.20 Å². The Bertz CT molecular complexity index is 1190. The first-order chi connectivity index (χ1) is 16.2. The van der Waals surface area contributed by atoms with E-state index in [9.17, 15) is 18.0 Å². The number of benzene rings is 1. The van der Waals surface area contributed by atoms with Crippen molar-refractivity contribution < 1.29 is 18.0 Å². The number of nitrogens with zero attached hydrogens (tertiary/aromatic N) is 5. The summed E-state index contributed by atoms with van der Waals surface area (Å²) in [5.41, 5.74) is 2.60. The number of hydrogen-bond acceptors (Lipinski definition) is 4. The number of alkyl halides is 3. The van der Waals surface area contributed by atoms with Gasteiger partial charge in [-0.1, -0.05) is 12.1 Å². The number of fused-ring (bicyclic) bond motifs is 1. The van der Waals surface area contributed by atoms with Crippen LogP contribution in [0.3, 0.4) is 0 Å². The molecule has 1 saturated heterocycles.